The lowest BCUT2D eigenvalue weighted by Crippen LogP contribution is -2.64. The lowest BCUT2D eigenvalue weighted by Gasteiger charge is -2.49. The van der Waals surface area contributed by atoms with Crippen molar-refractivity contribution in [3.63, 3.8) is 0 Å². The molecule has 1 atom stereocenters. The van der Waals surface area contributed by atoms with Crippen molar-refractivity contribution in [2.24, 2.45) is 4.99 Å². The second-order valence-electron chi connectivity index (χ2n) is 9.13. The van der Waals surface area contributed by atoms with Crippen LogP contribution < -0.4 is 10.6 Å². The van der Waals surface area contributed by atoms with Crippen LogP contribution in [0.25, 0.3) is 0 Å². The normalized spacial score (nSPS) is 34.4. The number of likely N-dealkylation sites (tertiary alicyclic amines) is 1. The Balaban J connectivity index is 1.30. The molecule has 2 bridgehead atoms. The van der Waals surface area contributed by atoms with Crippen LogP contribution in [0.5, 0.6) is 0 Å². The predicted octanol–water partition coefficient (Wildman–Crippen LogP) is 1.34. The summed E-state index contributed by atoms with van der Waals surface area (Å²) in [6.07, 6.45) is 11.1. The molecule has 1 aliphatic carbocycles. The molecule has 0 radical (unpaired) electrons. The second kappa shape index (κ2) is 9.10. The van der Waals surface area contributed by atoms with E-state index >= 15 is 0 Å². The average Bonchev–Trinajstić information content (AvgIpc) is 2.76. The molecule has 2 N–H and O–H groups in total. The molecule has 27 heavy (non-hydrogen) atoms. The van der Waals surface area contributed by atoms with E-state index in [4.69, 9.17) is 0 Å². The number of hydrogen-bond acceptors (Lipinski definition) is 4. The molecule has 154 valence electrons. The minimum atomic E-state index is 0.357. The van der Waals surface area contributed by atoms with Crippen LogP contribution in [-0.4, -0.2) is 98.2 Å². The van der Waals surface area contributed by atoms with Gasteiger partial charge in [0, 0.05) is 64.4 Å². The second-order valence-corrected chi connectivity index (χ2v) is 9.13. The van der Waals surface area contributed by atoms with Gasteiger partial charge in [-0.3, -0.25) is 19.7 Å². The molecule has 4 saturated heterocycles. The maximum absolute atomic E-state index is 4.54. The largest absolute Gasteiger partial charge is 0.355 e. The smallest absolute Gasteiger partial charge is 0.191 e. The van der Waals surface area contributed by atoms with Gasteiger partial charge in [-0.05, 0) is 38.8 Å². The zero-order chi connectivity index (χ0) is 18.5. The molecule has 1 unspecified atom stereocenters. The van der Waals surface area contributed by atoms with Crippen LogP contribution in [0.2, 0.25) is 0 Å². The van der Waals surface area contributed by atoms with E-state index in [-0.39, 0.29) is 0 Å². The Bertz CT molecular complexity index is 487. The first-order valence-corrected chi connectivity index (χ1v) is 11.5. The van der Waals surface area contributed by atoms with Gasteiger partial charge in [0.1, 0.15) is 0 Å². The molecule has 0 aromatic rings. The highest BCUT2D eigenvalue weighted by Gasteiger charge is 2.38. The Morgan fingerprint density at radius 2 is 1.59 bits per heavy atom. The number of piperazine rings is 3. The molecule has 5 fully saturated rings. The summed E-state index contributed by atoms with van der Waals surface area (Å²) >= 11 is 0. The highest BCUT2D eigenvalue weighted by Crippen LogP contribution is 2.35. The molecule has 1 saturated carbocycles. The van der Waals surface area contributed by atoms with Crippen LogP contribution in [-0.2, 0) is 0 Å². The van der Waals surface area contributed by atoms with Gasteiger partial charge >= 0.3 is 0 Å². The fourth-order valence-electron chi connectivity index (χ4n) is 5.78. The van der Waals surface area contributed by atoms with Crippen LogP contribution >= 0.6 is 0 Å². The van der Waals surface area contributed by atoms with Crippen LogP contribution in [0.3, 0.4) is 0 Å². The molecule has 0 aromatic carbocycles. The van der Waals surface area contributed by atoms with E-state index in [1.165, 1.54) is 97.2 Å². The van der Waals surface area contributed by atoms with Crippen LogP contribution in [0.15, 0.2) is 4.99 Å². The SMILES string of the molecule is CN=C(NCC1CN2CCN1CC2)NCC1(N2CCCCC2)CCCCC1. The topological polar surface area (TPSA) is 46.1 Å². The third-order valence-corrected chi connectivity index (χ3v) is 7.52. The molecule has 0 amide bonds. The third-order valence-electron chi connectivity index (χ3n) is 7.52. The summed E-state index contributed by atoms with van der Waals surface area (Å²) in [4.78, 5) is 12.6. The Morgan fingerprint density at radius 1 is 0.889 bits per heavy atom. The summed E-state index contributed by atoms with van der Waals surface area (Å²) in [5.74, 6) is 0.995. The summed E-state index contributed by atoms with van der Waals surface area (Å²) in [7, 11) is 1.92. The quantitative estimate of drug-likeness (QED) is 0.560. The van der Waals surface area contributed by atoms with Gasteiger partial charge in [0.2, 0.25) is 0 Å². The van der Waals surface area contributed by atoms with Crippen molar-refractivity contribution in [1.82, 2.24) is 25.3 Å². The van der Waals surface area contributed by atoms with E-state index in [0.717, 1.165) is 19.0 Å². The van der Waals surface area contributed by atoms with E-state index in [0.29, 0.717) is 11.6 Å². The Kier molecular flexibility index (Phi) is 6.56. The number of guanidine groups is 1. The molecule has 4 heterocycles. The van der Waals surface area contributed by atoms with Gasteiger partial charge in [-0.25, -0.2) is 0 Å². The van der Waals surface area contributed by atoms with Crippen molar-refractivity contribution in [3.05, 3.63) is 0 Å². The average molecular weight is 377 g/mol. The van der Waals surface area contributed by atoms with Crippen LogP contribution in [0.4, 0.5) is 0 Å². The summed E-state index contributed by atoms with van der Waals surface area (Å²) in [5, 5.41) is 7.36. The fraction of sp³-hybridized carbons (Fsp3) is 0.952. The van der Waals surface area contributed by atoms with Crippen molar-refractivity contribution in [1.29, 1.82) is 0 Å². The first kappa shape index (κ1) is 19.5. The maximum atomic E-state index is 4.54. The van der Waals surface area contributed by atoms with Crippen molar-refractivity contribution in [2.45, 2.75) is 62.9 Å². The van der Waals surface area contributed by atoms with Gasteiger partial charge in [0.25, 0.3) is 0 Å². The minimum Gasteiger partial charge on any atom is -0.355 e. The number of hydrogen-bond donors (Lipinski definition) is 2. The number of rotatable bonds is 5. The molecule has 5 rings (SSSR count). The monoisotopic (exact) mass is 376 g/mol. The Hall–Kier alpha value is -0.850. The van der Waals surface area contributed by atoms with Crippen molar-refractivity contribution in [2.75, 3.05) is 66.0 Å². The Labute approximate surface area is 165 Å². The number of nitrogens with zero attached hydrogens (tertiary/aromatic N) is 4. The van der Waals surface area contributed by atoms with E-state index < -0.39 is 0 Å². The molecule has 4 aliphatic heterocycles. The number of piperidine rings is 1. The fourth-order valence-corrected chi connectivity index (χ4v) is 5.78. The molecule has 0 aromatic heterocycles. The summed E-state index contributed by atoms with van der Waals surface area (Å²) in [6.45, 7) is 10.8. The Morgan fingerprint density at radius 3 is 2.22 bits per heavy atom. The number of fused-ring (bicyclic) bond motifs is 3. The van der Waals surface area contributed by atoms with E-state index in [2.05, 4.69) is 30.3 Å². The molecular formula is C21H40N6. The van der Waals surface area contributed by atoms with Gasteiger partial charge in [0.15, 0.2) is 5.96 Å². The summed E-state index contributed by atoms with van der Waals surface area (Å²) in [6, 6.07) is 0.636. The lowest BCUT2D eigenvalue weighted by atomic mass is 9.79. The molecular weight excluding hydrogens is 336 g/mol. The number of aliphatic imine (C=N–C) groups is 1. The van der Waals surface area contributed by atoms with Gasteiger partial charge in [-0.1, -0.05) is 25.7 Å². The van der Waals surface area contributed by atoms with Gasteiger partial charge in [-0.2, -0.15) is 0 Å². The van der Waals surface area contributed by atoms with E-state index in [9.17, 15) is 0 Å². The number of nitrogens with one attached hydrogen (secondary N) is 2. The zero-order valence-corrected chi connectivity index (χ0v) is 17.4. The van der Waals surface area contributed by atoms with Gasteiger partial charge in [-0.15, -0.1) is 0 Å². The molecule has 5 aliphatic rings. The highest BCUT2D eigenvalue weighted by molar-refractivity contribution is 5.79. The first-order valence-electron chi connectivity index (χ1n) is 11.5. The standard InChI is InChI=1S/C21H40N6/c1-22-20(23-16-19-17-25-12-14-26(19)15-13-25)24-18-21(8-4-2-5-9-21)27-10-6-3-7-11-27/h19H,2-18H2,1H3,(H2,22,23,24). The maximum Gasteiger partial charge on any atom is 0.191 e. The predicted molar refractivity (Wildman–Crippen MR) is 112 cm³/mol. The van der Waals surface area contributed by atoms with Crippen molar-refractivity contribution in [3.8, 4) is 0 Å². The third kappa shape index (κ3) is 4.60. The van der Waals surface area contributed by atoms with Crippen LogP contribution in [0.1, 0.15) is 51.4 Å². The summed E-state index contributed by atoms with van der Waals surface area (Å²) in [5.41, 5.74) is 0.357. The van der Waals surface area contributed by atoms with Gasteiger partial charge < -0.3 is 10.6 Å². The van der Waals surface area contributed by atoms with E-state index in [1.54, 1.807) is 0 Å². The highest BCUT2D eigenvalue weighted by atomic mass is 15.4. The van der Waals surface area contributed by atoms with Gasteiger partial charge in [0.05, 0.1) is 0 Å². The first-order chi connectivity index (χ1) is 13.3. The molecule has 0 spiro atoms. The zero-order valence-electron chi connectivity index (χ0n) is 17.4. The molecule has 6 heteroatoms. The van der Waals surface area contributed by atoms with Crippen LogP contribution in [0, 0.1) is 0 Å². The van der Waals surface area contributed by atoms with E-state index in [1.807, 2.05) is 7.05 Å². The minimum absolute atomic E-state index is 0.357. The molecule has 6 nitrogen and oxygen atoms in total. The van der Waals surface area contributed by atoms with Crippen molar-refractivity contribution >= 4 is 5.96 Å². The lowest BCUT2D eigenvalue weighted by molar-refractivity contribution is 0.0152. The van der Waals surface area contributed by atoms with Crippen molar-refractivity contribution < 1.29 is 0 Å². The summed E-state index contributed by atoms with van der Waals surface area (Å²) < 4.78 is 0.